The molecular formula is C18H23ClFN3O3S. The molecule has 9 heteroatoms. The molecule has 6 nitrogen and oxygen atoms in total. The van der Waals surface area contributed by atoms with Crippen LogP contribution in [0.4, 0.5) is 10.1 Å². The first-order valence-corrected chi connectivity index (χ1v) is 9.63. The normalized spacial score (nSPS) is 10.8. The number of hydrogen-bond donors (Lipinski definition) is 3. The van der Waals surface area contributed by atoms with Crippen molar-refractivity contribution in [1.82, 2.24) is 10.6 Å². The maximum Gasteiger partial charge on any atom is 0.262 e. The highest BCUT2D eigenvalue weighted by molar-refractivity contribution is 7.92. The van der Waals surface area contributed by atoms with Crippen LogP contribution in [0.2, 0.25) is 0 Å². The van der Waals surface area contributed by atoms with Crippen LogP contribution in [0.3, 0.4) is 0 Å². The average molecular weight is 416 g/mol. The number of benzene rings is 2. The number of anilines is 1. The molecule has 0 bridgehead atoms. The maximum absolute atomic E-state index is 13.0. The zero-order chi connectivity index (χ0) is 19.2. The summed E-state index contributed by atoms with van der Waals surface area (Å²) in [7, 11) is -2.08. The van der Waals surface area contributed by atoms with Crippen LogP contribution in [0.15, 0.2) is 47.4 Å². The Bertz CT molecular complexity index is 874. The van der Waals surface area contributed by atoms with E-state index in [2.05, 4.69) is 15.4 Å². The minimum Gasteiger partial charge on any atom is -0.352 e. The van der Waals surface area contributed by atoms with Crippen molar-refractivity contribution in [3.05, 3.63) is 59.4 Å². The lowest BCUT2D eigenvalue weighted by molar-refractivity contribution is 0.0953. The van der Waals surface area contributed by atoms with E-state index in [0.29, 0.717) is 12.1 Å². The Balaban J connectivity index is 0.00000364. The molecular weight excluding hydrogens is 393 g/mol. The number of amides is 1. The molecule has 0 saturated heterocycles. The monoisotopic (exact) mass is 415 g/mol. The van der Waals surface area contributed by atoms with Gasteiger partial charge in [0.1, 0.15) is 5.82 Å². The first-order valence-electron chi connectivity index (χ1n) is 8.15. The Morgan fingerprint density at radius 2 is 1.74 bits per heavy atom. The summed E-state index contributed by atoms with van der Waals surface area (Å²) in [6, 6.07) is 9.51. The quantitative estimate of drug-likeness (QED) is 0.578. The predicted molar refractivity (Wildman–Crippen MR) is 107 cm³/mol. The van der Waals surface area contributed by atoms with Crippen molar-refractivity contribution in [3.8, 4) is 0 Å². The highest BCUT2D eigenvalue weighted by atomic mass is 35.5. The van der Waals surface area contributed by atoms with Crippen molar-refractivity contribution < 1.29 is 17.6 Å². The fourth-order valence-electron chi connectivity index (χ4n) is 2.33. The van der Waals surface area contributed by atoms with Gasteiger partial charge in [0.05, 0.1) is 4.90 Å². The van der Waals surface area contributed by atoms with Gasteiger partial charge in [-0.15, -0.1) is 12.4 Å². The first kappa shape index (κ1) is 22.9. The van der Waals surface area contributed by atoms with Gasteiger partial charge in [0.15, 0.2) is 0 Å². The molecule has 2 aromatic rings. The van der Waals surface area contributed by atoms with Crippen LogP contribution in [0.1, 0.15) is 22.3 Å². The molecule has 0 aliphatic carbocycles. The molecule has 0 spiro atoms. The summed E-state index contributed by atoms with van der Waals surface area (Å²) >= 11 is 0. The molecule has 0 heterocycles. The van der Waals surface area contributed by atoms with Gasteiger partial charge in [0.2, 0.25) is 0 Å². The summed E-state index contributed by atoms with van der Waals surface area (Å²) < 4.78 is 40.6. The highest BCUT2D eigenvalue weighted by Gasteiger charge is 2.19. The predicted octanol–water partition coefficient (Wildman–Crippen LogP) is 2.70. The molecule has 2 aromatic carbocycles. The van der Waals surface area contributed by atoms with Crippen molar-refractivity contribution in [2.45, 2.75) is 18.2 Å². The van der Waals surface area contributed by atoms with Gasteiger partial charge in [-0.2, -0.15) is 0 Å². The Kier molecular flexibility index (Phi) is 8.68. The van der Waals surface area contributed by atoms with E-state index in [1.165, 1.54) is 30.3 Å². The van der Waals surface area contributed by atoms with Crippen LogP contribution in [0, 0.1) is 12.7 Å². The van der Waals surface area contributed by atoms with Gasteiger partial charge < -0.3 is 10.6 Å². The first-order chi connectivity index (χ1) is 12.3. The van der Waals surface area contributed by atoms with E-state index in [0.717, 1.165) is 13.0 Å². The third kappa shape index (κ3) is 6.50. The van der Waals surface area contributed by atoms with Gasteiger partial charge in [-0.25, -0.2) is 12.8 Å². The molecule has 0 atom stereocenters. The third-order valence-corrected chi connectivity index (χ3v) is 5.25. The van der Waals surface area contributed by atoms with Gasteiger partial charge in [0, 0.05) is 17.8 Å². The Labute approximate surface area is 165 Å². The zero-order valence-corrected chi connectivity index (χ0v) is 16.7. The number of sulfonamides is 1. The second-order valence-corrected chi connectivity index (χ2v) is 7.46. The minimum atomic E-state index is -3.90. The molecule has 0 unspecified atom stereocenters. The van der Waals surface area contributed by atoms with Gasteiger partial charge in [-0.05, 0) is 68.9 Å². The number of aryl methyl sites for hydroxylation is 1. The molecule has 3 N–H and O–H groups in total. The van der Waals surface area contributed by atoms with Gasteiger partial charge in [0.25, 0.3) is 15.9 Å². The molecule has 0 radical (unpaired) electrons. The number of carbonyl (C=O) groups excluding carboxylic acids is 1. The second-order valence-electron chi connectivity index (χ2n) is 5.81. The van der Waals surface area contributed by atoms with Crippen molar-refractivity contribution in [2.24, 2.45) is 0 Å². The topological polar surface area (TPSA) is 87.3 Å². The number of rotatable bonds is 8. The molecule has 148 valence electrons. The number of nitrogens with one attached hydrogen (secondary N) is 3. The summed E-state index contributed by atoms with van der Waals surface area (Å²) in [5, 5.41) is 5.73. The van der Waals surface area contributed by atoms with Crippen LogP contribution in [-0.4, -0.2) is 34.5 Å². The molecule has 0 aliphatic rings. The van der Waals surface area contributed by atoms with Crippen LogP contribution < -0.4 is 15.4 Å². The van der Waals surface area contributed by atoms with Gasteiger partial charge >= 0.3 is 0 Å². The van der Waals surface area contributed by atoms with Crippen molar-refractivity contribution in [2.75, 3.05) is 24.9 Å². The smallest absolute Gasteiger partial charge is 0.262 e. The Hall–Kier alpha value is -2.16. The fourth-order valence-corrected chi connectivity index (χ4v) is 3.66. The summed E-state index contributed by atoms with van der Waals surface area (Å²) in [6.07, 6.45) is 0.769. The van der Waals surface area contributed by atoms with Crippen LogP contribution in [0.5, 0.6) is 0 Å². The van der Waals surface area contributed by atoms with Crippen LogP contribution in [-0.2, 0) is 10.0 Å². The average Bonchev–Trinajstić information content (AvgIpc) is 2.60. The molecule has 0 aromatic heterocycles. The van der Waals surface area contributed by atoms with E-state index < -0.39 is 15.8 Å². The van der Waals surface area contributed by atoms with Crippen molar-refractivity contribution in [1.29, 1.82) is 0 Å². The third-order valence-electron chi connectivity index (χ3n) is 3.73. The van der Waals surface area contributed by atoms with Crippen molar-refractivity contribution in [3.63, 3.8) is 0 Å². The van der Waals surface area contributed by atoms with E-state index in [9.17, 15) is 17.6 Å². The molecule has 0 fully saturated rings. The summed E-state index contributed by atoms with van der Waals surface area (Å²) in [4.78, 5) is 12.2. The zero-order valence-electron chi connectivity index (χ0n) is 15.1. The number of carbonyl (C=O) groups is 1. The lowest BCUT2D eigenvalue weighted by Gasteiger charge is -2.12. The van der Waals surface area contributed by atoms with E-state index in [1.807, 2.05) is 7.05 Å². The lowest BCUT2D eigenvalue weighted by Crippen LogP contribution is -2.27. The molecule has 0 saturated carbocycles. The molecule has 1 amide bonds. The second kappa shape index (κ2) is 10.2. The van der Waals surface area contributed by atoms with E-state index in [-0.39, 0.29) is 34.5 Å². The molecule has 27 heavy (non-hydrogen) atoms. The minimum absolute atomic E-state index is 0. The number of hydrogen-bond acceptors (Lipinski definition) is 4. The SMILES string of the molecule is CNCCCNC(=O)c1ccc(C)c(S(=O)(=O)Nc2ccc(F)cc2)c1.Cl. The van der Waals surface area contributed by atoms with Gasteiger partial charge in [-0.3, -0.25) is 9.52 Å². The van der Waals surface area contributed by atoms with E-state index in [1.54, 1.807) is 19.1 Å². The fraction of sp³-hybridized carbons (Fsp3) is 0.278. The van der Waals surface area contributed by atoms with E-state index in [4.69, 9.17) is 0 Å². The highest BCUT2D eigenvalue weighted by Crippen LogP contribution is 2.21. The Morgan fingerprint density at radius 1 is 1.07 bits per heavy atom. The molecule has 2 rings (SSSR count). The standard InChI is InChI=1S/C18H22FN3O3S.ClH/c1-13-4-5-14(18(23)21-11-3-10-20-2)12-17(13)26(24,25)22-16-8-6-15(19)7-9-16;/h4-9,12,20,22H,3,10-11H2,1-2H3,(H,21,23);1H. The summed E-state index contributed by atoms with van der Waals surface area (Å²) in [5.41, 5.74) is 1.01. The summed E-state index contributed by atoms with van der Waals surface area (Å²) in [6.45, 7) is 2.91. The van der Waals surface area contributed by atoms with Crippen molar-refractivity contribution >= 4 is 34.0 Å². The summed E-state index contributed by atoms with van der Waals surface area (Å²) in [5.74, 6) is -0.791. The molecule has 0 aliphatic heterocycles. The Morgan fingerprint density at radius 3 is 2.37 bits per heavy atom. The van der Waals surface area contributed by atoms with Crippen LogP contribution >= 0.6 is 12.4 Å². The lowest BCUT2D eigenvalue weighted by atomic mass is 10.1. The van der Waals surface area contributed by atoms with Gasteiger partial charge in [-0.1, -0.05) is 6.07 Å². The van der Waals surface area contributed by atoms with Crippen LogP contribution in [0.25, 0.3) is 0 Å². The largest absolute Gasteiger partial charge is 0.352 e. The van der Waals surface area contributed by atoms with E-state index >= 15 is 0 Å². The maximum atomic E-state index is 13.0. The number of halogens is 2.